The molecule has 4 N–H and O–H groups in total. The van der Waals surface area contributed by atoms with E-state index < -0.39 is 11.2 Å². The molecule has 8 nitrogen and oxygen atoms in total. The summed E-state index contributed by atoms with van der Waals surface area (Å²) in [6.07, 6.45) is 14.7. The van der Waals surface area contributed by atoms with Crippen LogP contribution in [0.3, 0.4) is 0 Å². The Morgan fingerprint density at radius 3 is 1.27 bits per heavy atom. The number of aliphatic hydroxyl groups is 4. The maximum Gasteiger partial charge on any atom is 0.122 e. The number of aryl methyl sites for hydroxylation is 4. The van der Waals surface area contributed by atoms with Crippen LogP contribution in [0, 0.1) is 33.6 Å². The summed E-state index contributed by atoms with van der Waals surface area (Å²) in [5, 5.41) is 39.9. The highest BCUT2D eigenvalue weighted by Crippen LogP contribution is 2.43. The fraction of sp³-hybridized carbons (Fsp3) is 0.556. The van der Waals surface area contributed by atoms with Crippen molar-refractivity contribution >= 4 is 12.2 Å². The highest BCUT2D eigenvalue weighted by atomic mass is 16.6. The second kappa shape index (κ2) is 26.6. The van der Waals surface area contributed by atoms with Crippen molar-refractivity contribution in [2.45, 2.75) is 182 Å². The van der Waals surface area contributed by atoms with Gasteiger partial charge in [-0.2, -0.15) is 0 Å². The number of aliphatic hydroxyl groups excluding tert-OH is 2. The lowest BCUT2D eigenvalue weighted by molar-refractivity contribution is -0.181. The molecule has 1 heterocycles. The molecule has 392 valence electrons. The van der Waals surface area contributed by atoms with Gasteiger partial charge in [0.05, 0.1) is 49.8 Å². The first-order valence-corrected chi connectivity index (χ1v) is 26.7. The average Bonchev–Trinajstić information content (AvgIpc) is 3.37. The lowest BCUT2D eigenvalue weighted by Crippen LogP contribution is -2.44. The fourth-order valence-corrected chi connectivity index (χ4v) is 9.84. The van der Waals surface area contributed by atoms with Crippen LogP contribution in [0.1, 0.15) is 176 Å². The molecule has 1 saturated heterocycles. The van der Waals surface area contributed by atoms with Crippen LogP contribution in [-0.4, -0.2) is 83.0 Å². The monoisotopic (exact) mass is 977 g/mol. The zero-order valence-corrected chi connectivity index (χ0v) is 46.2. The topological polar surface area (TPSA) is 118 Å². The third kappa shape index (κ3) is 14.9. The molecule has 0 aromatic heterocycles. The third-order valence-electron chi connectivity index (χ3n) is 15.9. The summed E-state index contributed by atoms with van der Waals surface area (Å²) in [4.78, 5) is 0. The van der Waals surface area contributed by atoms with Gasteiger partial charge in [-0.3, -0.25) is 0 Å². The molecule has 1 unspecified atom stereocenters. The van der Waals surface area contributed by atoms with Crippen LogP contribution in [0.4, 0.5) is 0 Å². The molecule has 4 aromatic carbocycles. The minimum Gasteiger partial charge on any atom is -0.493 e. The zero-order chi connectivity index (χ0) is 52.6. The van der Waals surface area contributed by atoms with Gasteiger partial charge in [0.25, 0.3) is 0 Å². The maximum absolute atomic E-state index is 10.7. The van der Waals surface area contributed by atoms with Crippen molar-refractivity contribution in [3.05, 3.63) is 141 Å². The molecule has 8 heteroatoms. The molecule has 0 saturated carbocycles. The zero-order valence-electron chi connectivity index (χ0n) is 46.2. The molecule has 0 radical (unpaired) electrons. The van der Waals surface area contributed by atoms with E-state index in [2.05, 4.69) is 121 Å². The molecular formula is C63H92O8. The summed E-state index contributed by atoms with van der Waals surface area (Å²) in [6, 6.07) is 26.5. The molecule has 71 heavy (non-hydrogen) atoms. The van der Waals surface area contributed by atoms with Crippen molar-refractivity contribution in [2.24, 2.45) is 5.92 Å². The number of hydrogen-bond acceptors (Lipinski definition) is 8. The normalized spacial score (nSPS) is 15.6. The molecule has 5 rings (SSSR count). The van der Waals surface area contributed by atoms with Crippen molar-refractivity contribution in [2.75, 3.05) is 39.6 Å². The Hall–Kier alpha value is -4.28. The number of ether oxygens (including phenoxy) is 4. The summed E-state index contributed by atoms with van der Waals surface area (Å²) in [7, 11) is 0. The predicted molar refractivity (Wildman–Crippen MR) is 295 cm³/mol. The molecule has 4 aromatic rings. The Morgan fingerprint density at radius 2 is 0.944 bits per heavy atom. The quantitative estimate of drug-likeness (QED) is 0.0548. The summed E-state index contributed by atoms with van der Waals surface area (Å²) in [5.74, 6) is 1.41. The van der Waals surface area contributed by atoms with Crippen molar-refractivity contribution < 1.29 is 39.4 Å². The molecular weight excluding hydrogens is 885 g/mol. The van der Waals surface area contributed by atoms with Gasteiger partial charge >= 0.3 is 0 Å². The van der Waals surface area contributed by atoms with Gasteiger partial charge in [0, 0.05) is 16.7 Å². The average molecular weight is 977 g/mol. The van der Waals surface area contributed by atoms with Gasteiger partial charge in [-0.25, -0.2) is 0 Å². The predicted octanol–water partition coefficient (Wildman–Crippen LogP) is 13.5. The third-order valence-corrected chi connectivity index (χ3v) is 15.9. The van der Waals surface area contributed by atoms with Gasteiger partial charge in [-0.05, 0) is 161 Å². The SMILES string of the molecule is CCC(O)(/C=C/c1ccc(C(CC)(CC)c2ccc(OCC(CO)CO)c(C)c2)cc1C)CC.CCC(O)(/C=C/c1ccc(C(CC)(CC)c2ccc(OCC3COC(C)(C)CO3)c(C)c2)cc1C)CC. The highest BCUT2D eigenvalue weighted by molar-refractivity contribution is 5.59. The van der Waals surface area contributed by atoms with Crippen LogP contribution >= 0.6 is 0 Å². The molecule has 1 atom stereocenters. The number of hydrogen-bond donors (Lipinski definition) is 4. The van der Waals surface area contributed by atoms with Crippen LogP contribution in [0.25, 0.3) is 12.2 Å². The molecule has 1 fully saturated rings. The van der Waals surface area contributed by atoms with Crippen LogP contribution < -0.4 is 9.47 Å². The first-order valence-electron chi connectivity index (χ1n) is 26.7. The second-order valence-corrected chi connectivity index (χ2v) is 20.8. The second-order valence-electron chi connectivity index (χ2n) is 20.8. The van der Waals surface area contributed by atoms with Crippen LogP contribution in [-0.2, 0) is 20.3 Å². The molecule has 0 amide bonds. The van der Waals surface area contributed by atoms with Gasteiger partial charge in [0.2, 0.25) is 0 Å². The molecule has 0 aliphatic carbocycles. The minimum absolute atomic E-state index is 0.0429. The standard InChI is InChI=1S/C33H48O4.C30H44O4/c1-9-32(34,10-2)18-17-26-13-14-27(19-24(26)5)33(11-3,12-4)28-15-16-30(25(6)20-28)35-21-29-22-37-31(7,8)23-36-29;1-7-29(33,8-2)16-15-25-11-12-26(17-22(25)5)30(9-3,10-4)27-13-14-28(23(6)18-27)34-21-24(19-31)20-32/h13-20,29,34H,9-12,21-23H2,1-8H3;11-18,24,31-33H,7-10,19-21H2,1-6H3/b18-17+;16-15+. The molecule has 1 aliphatic heterocycles. The van der Waals surface area contributed by atoms with E-state index in [0.717, 1.165) is 59.4 Å². The first kappa shape index (κ1) is 59.3. The minimum atomic E-state index is -0.753. The Kier molecular flexibility index (Phi) is 22.2. The lowest BCUT2D eigenvalue weighted by Gasteiger charge is -2.35. The van der Waals surface area contributed by atoms with Crippen LogP contribution in [0.5, 0.6) is 11.5 Å². The van der Waals surface area contributed by atoms with Gasteiger partial charge in [-0.1, -0.05) is 140 Å². The lowest BCUT2D eigenvalue weighted by atomic mass is 9.70. The van der Waals surface area contributed by atoms with Gasteiger partial charge in [0.1, 0.15) is 24.2 Å². The van der Waals surface area contributed by atoms with Crippen molar-refractivity contribution in [3.63, 3.8) is 0 Å². The summed E-state index contributed by atoms with van der Waals surface area (Å²) in [6.45, 7) is 31.4. The Bertz CT molecular complexity index is 2310. The largest absolute Gasteiger partial charge is 0.493 e. The fourth-order valence-electron chi connectivity index (χ4n) is 9.84. The number of benzene rings is 4. The van der Waals surface area contributed by atoms with Gasteiger partial charge < -0.3 is 39.4 Å². The van der Waals surface area contributed by atoms with Gasteiger partial charge in [-0.15, -0.1) is 0 Å². The Balaban J connectivity index is 0.000000310. The molecule has 0 spiro atoms. The molecule has 0 bridgehead atoms. The first-order chi connectivity index (χ1) is 33.7. The van der Waals surface area contributed by atoms with Crippen LogP contribution in [0.2, 0.25) is 0 Å². The van der Waals surface area contributed by atoms with E-state index in [9.17, 15) is 20.4 Å². The van der Waals surface area contributed by atoms with E-state index in [0.29, 0.717) is 52.1 Å². The summed E-state index contributed by atoms with van der Waals surface area (Å²) in [5.41, 5.74) is 10.2. The Morgan fingerprint density at radius 1 is 0.563 bits per heavy atom. The molecule has 1 aliphatic rings. The van der Waals surface area contributed by atoms with E-state index in [1.807, 2.05) is 72.8 Å². The van der Waals surface area contributed by atoms with E-state index in [4.69, 9.17) is 18.9 Å². The van der Waals surface area contributed by atoms with Gasteiger partial charge in [0.15, 0.2) is 0 Å². The number of rotatable bonds is 24. The highest BCUT2D eigenvalue weighted by Gasteiger charge is 2.34. The summed E-state index contributed by atoms with van der Waals surface area (Å²) >= 11 is 0. The van der Waals surface area contributed by atoms with Crippen molar-refractivity contribution in [1.82, 2.24) is 0 Å². The maximum atomic E-state index is 10.7. The van der Waals surface area contributed by atoms with Crippen molar-refractivity contribution in [3.8, 4) is 11.5 Å². The van der Waals surface area contributed by atoms with E-state index in [1.54, 1.807) is 0 Å². The van der Waals surface area contributed by atoms with Crippen molar-refractivity contribution in [1.29, 1.82) is 0 Å². The smallest absolute Gasteiger partial charge is 0.122 e. The Labute approximate surface area is 429 Å². The van der Waals surface area contributed by atoms with E-state index in [1.165, 1.54) is 33.4 Å². The summed E-state index contributed by atoms with van der Waals surface area (Å²) < 4.78 is 23.8. The van der Waals surface area contributed by atoms with E-state index in [-0.39, 0.29) is 41.7 Å². The van der Waals surface area contributed by atoms with E-state index >= 15 is 0 Å². The van der Waals surface area contributed by atoms with Crippen LogP contribution in [0.15, 0.2) is 84.9 Å².